The molecule has 2 aromatic rings. The van der Waals surface area contributed by atoms with E-state index < -0.39 is 0 Å². The first-order valence-electron chi connectivity index (χ1n) is 3.85. The molecule has 0 saturated carbocycles. The number of nitrogen functional groups attached to an aromatic ring is 1. The van der Waals surface area contributed by atoms with E-state index in [9.17, 15) is 0 Å². The SMILES string of the molecule is COc1ccc2nc(N)n(C)c2n1. The van der Waals surface area contributed by atoms with Gasteiger partial charge in [-0.25, -0.2) is 4.98 Å². The van der Waals surface area contributed by atoms with E-state index in [0.717, 1.165) is 11.2 Å². The van der Waals surface area contributed by atoms with Gasteiger partial charge in [0.15, 0.2) is 5.65 Å². The maximum atomic E-state index is 5.62. The summed E-state index contributed by atoms with van der Waals surface area (Å²) in [5.74, 6) is 1.02. The number of imidazole rings is 1. The second-order valence-electron chi connectivity index (χ2n) is 2.73. The third-order valence-corrected chi connectivity index (χ3v) is 1.93. The fraction of sp³-hybridized carbons (Fsp3) is 0.250. The molecule has 0 atom stereocenters. The molecular formula is C8H10N4O. The Balaban J connectivity index is 2.75. The number of hydrogen-bond acceptors (Lipinski definition) is 4. The zero-order chi connectivity index (χ0) is 9.42. The Morgan fingerprint density at radius 2 is 2.15 bits per heavy atom. The van der Waals surface area contributed by atoms with Crippen molar-refractivity contribution in [2.24, 2.45) is 7.05 Å². The van der Waals surface area contributed by atoms with Gasteiger partial charge in [0.25, 0.3) is 0 Å². The van der Waals surface area contributed by atoms with Crippen LogP contribution < -0.4 is 10.5 Å². The average molecular weight is 178 g/mol. The molecule has 0 fully saturated rings. The van der Waals surface area contributed by atoms with Crippen molar-refractivity contribution < 1.29 is 4.74 Å². The third-order valence-electron chi connectivity index (χ3n) is 1.93. The van der Waals surface area contributed by atoms with Crippen LogP contribution in [0.15, 0.2) is 12.1 Å². The Morgan fingerprint density at radius 1 is 1.38 bits per heavy atom. The van der Waals surface area contributed by atoms with E-state index in [-0.39, 0.29) is 0 Å². The summed E-state index contributed by atoms with van der Waals surface area (Å²) in [5.41, 5.74) is 7.13. The third kappa shape index (κ3) is 1.09. The van der Waals surface area contributed by atoms with Crippen molar-refractivity contribution >= 4 is 17.1 Å². The lowest BCUT2D eigenvalue weighted by Crippen LogP contribution is -1.97. The average Bonchev–Trinajstić information content (AvgIpc) is 2.43. The predicted octanol–water partition coefficient (Wildman–Crippen LogP) is 0.559. The van der Waals surface area contributed by atoms with Crippen molar-refractivity contribution in [3.05, 3.63) is 12.1 Å². The molecule has 2 N–H and O–H groups in total. The summed E-state index contributed by atoms with van der Waals surface area (Å²) in [6, 6.07) is 3.59. The van der Waals surface area contributed by atoms with Crippen molar-refractivity contribution in [2.45, 2.75) is 0 Å². The van der Waals surface area contributed by atoms with Crippen LogP contribution in [0.4, 0.5) is 5.95 Å². The molecule has 0 bridgehead atoms. The van der Waals surface area contributed by atoms with Gasteiger partial charge < -0.3 is 10.5 Å². The van der Waals surface area contributed by atoms with E-state index in [4.69, 9.17) is 10.5 Å². The molecule has 0 spiro atoms. The molecule has 5 heteroatoms. The second kappa shape index (κ2) is 2.62. The molecule has 5 nitrogen and oxygen atoms in total. The summed E-state index contributed by atoms with van der Waals surface area (Å²) in [5, 5.41) is 0. The highest BCUT2D eigenvalue weighted by Crippen LogP contribution is 2.17. The summed E-state index contributed by atoms with van der Waals surface area (Å²) in [4.78, 5) is 8.32. The number of rotatable bonds is 1. The molecule has 0 aliphatic heterocycles. The van der Waals surface area contributed by atoms with Gasteiger partial charge in [-0.3, -0.25) is 4.57 Å². The lowest BCUT2D eigenvalue weighted by atomic mass is 10.4. The van der Waals surface area contributed by atoms with Crippen LogP contribution >= 0.6 is 0 Å². The molecule has 0 aliphatic rings. The normalized spacial score (nSPS) is 10.6. The van der Waals surface area contributed by atoms with Crippen molar-refractivity contribution in [3.63, 3.8) is 0 Å². The number of nitrogens with two attached hydrogens (primary N) is 1. The molecule has 68 valence electrons. The lowest BCUT2D eigenvalue weighted by Gasteiger charge is -1.98. The van der Waals surface area contributed by atoms with Gasteiger partial charge in [0.1, 0.15) is 5.52 Å². The fourth-order valence-electron chi connectivity index (χ4n) is 1.18. The first-order chi connectivity index (χ1) is 6.22. The van der Waals surface area contributed by atoms with Gasteiger partial charge in [-0.05, 0) is 6.07 Å². The molecule has 2 rings (SSSR count). The molecule has 0 aliphatic carbocycles. The summed E-state index contributed by atoms with van der Waals surface area (Å²) in [6.07, 6.45) is 0. The zero-order valence-electron chi connectivity index (χ0n) is 7.48. The topological polar surface area (TPSA) is 66.0 Å². The number of ether oxygens (including phenoxy) is 1. The summed E-state index contributed by atoms with van der Waals surface area (Å²) in [7, 11) is 3.39. The number of pyridine rings is 1. The quantitative estimate of drug-likeness (QED) is 0.692. The van der Waals surface area contributed by atoms with Gasteiger partial charge in [-0.15, -0.1) is 0 Å². The molecule has 0 amide bonds. The maximum Gasteiger partial charge on any atom is 0.215 e. The van der Waals surface area contributed by atoms with Crippen LogP contribution in [0.25, 0.3) is 11.2 Å². The van der Waals surface area contributed by atoms with Crippen LogP contribution in [-0.4, -0.2) is 21.6 Å². The van der Waals surface area contributed by atoms with E-state index in [1.54, 1.807) is 17.7 Å². The van der Waals surface area contributed by atoms with E-state index in [1.165, 1.54) is 0 Å². The number of fused-ring (bicyclic) bond motifs is 1. The predicted molar refractivity (Wildman–Crippen MR) is 49.5 cm³/mol. The Bertz CT molecular complexity index is 449. The number of aromatic nitrogens is 3. The summed E-state index contributed by atoms with van der Waals surface area (Å²) < 4.78 is 6.71. The van der Waals surface area contributed by atoms with Crippen LogP contribution in [0.5, 0.6) is 5.88 Å². The van der Waals surface area contributed by atoms with Crippen LogP contribution in [0.2, 0.25) is 0 Å². The first kappa shape index (κ1) is 7.85. The molecule has 2 heterocycles. The minimum atomic E-state index is 0.454. The van der Waals surface area contributed by atoms with E-state index in [0.29, 0.717) is 11.8 Å². The molecule has 0 aromatic carbocycles. The number of hydrogen-bond donors (Lipinski definition) is 1. The monoisotopic (exact) mass is 178 g/mol. The molecule has 0 saturated heterocycles. The number of methoxy groups -OCH3 is 1. The molecule has 2 aromatic heterocycles. The van der Waals surface area contributed by atoms with Crippen LogP contribution in [-0.2, 0) is 7.05 Å². The van der Waals surface area contributed by atoms with Gasteiger partial charge in [0, 0.05) is 13.1 Å². The highest BCUT2D eigenvalue weighted by atomic mass is 16.5. The van der Waals surface area contributed by atoms with Gasteiger partial charge in [-0.1, -0.05) is 0 Å². The smallest absolute Gasteiger partial charge is 0.215 e. The van der Waals surface area contributed by atoms with Gasteiger partial charge in [0.05, 0.1) is 7.11 Å². The van der Waals surface area contributed by atoms with Crippen LogP contribution in [0.1, 0.15) is 0 Å². The minimum absolute atomic E-state index is 0.454. The van der Waals surface area contributed by atoms with Crippen molar-refractivity contribution in [2.75, 3.05) is 12.8 Å². The van der Waals surface area contributed by atoms with Crippen molar-refractivity contribution in [1.29, 1.82) is 0 Å². The van der Waals surface area contributed by atoms with Gasteiger partial charge >= 0.3 is 0 Å². The molecular weight excluding hydrogens is 168 g/mol. The highest BCUT2D eigenvalue weighted by Gasteiger charge is 2.06. The van der Waals surface area contributed by atoms with Crippen molar-refractivity contribution in [3.8, 4) is 5.88 Å². The van der Waals surface area contributed by atoms with E-state index >= 15 is 0 Å². The molecule has 13 heavy (non-hydrogen) atoms. The fourth-order valence-corrected chi connectivity index (χ4v) is 1.18. The summed E-state index contributed by atoms with van der Waals surface area (Å²) >= 11 is 0. The lowest BCUT2D eigenvalue weighted by molar-refractivity contribution is 0.399. The Hall–Kier alpha value is -1.78. The minimum Gasteiger partial charge on any atom is -0.481 e. The number of aryl methyl sites for hydroxylation is 1. The standard InChI is InChI=1S/C8H10N4O/c1-12-7-5(10-8(12)9)3-4-6(11-7)13-2/h3-4H,1-2H3,(H2,9,10). The van der Waals surface area contributed by atoms with E-state index in [2.05, 4.69) is 9.97 Å². The van der Waals surface area contributed by atoms with Gasteiger partial charge in [0.2, 0.25) is 11.8 Å². The maximum absolute atomic E-state index is 5.62. The largest absolute Gasteiger partial charge is 0.481 e. The zero-order valence-corrected chi connectivity index (χ0v) is 7.48. The second-order valence-corrected chi connectivity index (χ2v) is 2.73. The number of anilines is 1. The van der Waals surface area contributed by atoms with E-state index in [1.807, 2.05) is 13.1 Å². The Morgan fingerprint density at radius 3 is 2.85 bits per heavy atom. The Labute approximate surface area is 75.2 Å². The highest BCUT2D eigenvalue weighted by molar-refractivity contribution is 5.74. The number of nitrogens with zero attached hydrogens (tertiary/aromatic N) is 3. The van der Waals surface area contributed by atoms with Gasteiger partial charge in [-0.2, -0.15) is 4.98 Å². The Kier molecular flexibility index (Phi) is 1.58. The first-order valence-corrected chi connectivity index (χ1v) is 3.85. The molecule has 0 unspecified atom stereocenters. The molecule has 0 radical (unpaired) electrons. The van der Waals surface area contributed by atoms with Crippen LogP contribution in [0, 0.1) is 0 Å². The summed E-state index contributed by atoms with van der Waals surface area (Å²) in [6.45, 7) is 0. The van der Waals surface area contributed by atoms with Crippen LogP contribution in [0.3, 0.4) is 0 Å². The van der Waals surface area contributed by atoms with Crippen molar-refractivity contribution in [1.82, 2.24) is 14.5 Å².